The molecule has 1 aliphatic rings. The van der Waals surface area contributed by atoms with Gasteiger partial charge in [0.1, 0.15) is 11.6 Å². The van der Waals surface area contributed by atoms with Gasteiger partial charge in [0.2, 0.25) is 0 Å². The maximum Gasteiger partial charge on any atom is 0.129 e. The van der Waals surface area contributed by atoms with Gasteiger partial charge in [0.15, 0.2) is 0 Å². The lowest BCUT2D eigenvalue weighted by atomic mass is 10.0. The minimum atomic E-state index is 0.170. The molecule has 0 spiro atoms. The van der Waals surface area contributed by atoms with Crippen molar-refractivity contribution < 1.29 is 4.74 Å². The van der Waals surface area contributed by atoms with Gasteiger partial charge in [-0.25, -0.2) is 4.98 Å². The van der Waals surface area contributed by atoms with Gasteiger partial charge < -0.3 is 15.0 Å². The van der Waals surface area contributed by atoms with Crippen molar-refractivity contribution in [3.05, 3.63) is 45.9 Å². The fourth-order valence-electron chi connectivity index (χ4n) is 2.77. The zero-order valence-corrected chi connectivity index (χ0v) is 12.0. The number of rotatable bonds is 2. The summed E-state index contributed by atoms with van der Waals surface area (Å²) in [5, 5.41) is 5.71. The molecule has 2 aromatic heterocycles. The average Bonchev–Trinajstić information content (AvgIpc) is 3.12. The number of nitrogens with one attached hydrogen (secondary N) is 2. The molecule has 0 bridgehead atoms. The van der Waals surface area contributed by atoms with E-state index in [9.17, 15) is 0 Å². The Kier molecular flexibility index (Phi) is 2.75. The Bertz CT molecular complexity index is 761. The lowest BCUT2D eigenvalue weighted by Crippen LogP contribution is -2.30. The number of benzene rings is 1. The second-order valence-electron chi connectivity index (χ2n) is 4.94. The molecule has 4 rings (SSSR count). The van der Waals surface area contributed by atoms with Gasteiger partial charge in [-0.3, -0.25) is 0 Å². The highest BCUT2D eigenvalue weighted by Gasteiger charge is 2.24. The van der Waals surface area contributed by atoms with E-state index in [2.05, 4.69) is 21.7 Å². The molecule has 1 unspecified atom stereocenters. The molecule has 20 heavy (non-hydrogen) atoms. The summed E-state index contributed by atoms with van der Waals surface area (Å²) >= 11 is 1.84. The van der Waals surface area contributed by atoms with E-state index in [0.29, 0.717) is 0 Å². The summed E-state index contributed by atoms with van der Waals surface area (Å²) in [6.07, 6.45) is 1.11. The number of aromatic nitrogens is 2. The zero-order valence-electron chi connectivity index (χ0n) is 11.1. The van der Waals surface area contributed by atoms with E-state index < -0.39 is 0 Å². The summed E-state index contributed by atoms with van der Waals surface area (Å²) in [4.78, 5) is 9.61. The number of ether oxygens (including phenoxy) is 1. The first kappa shape index (κ1) is 11.9. The minimum absolute atomic E-state index is 0.170. The largest absolute Gasteiger partial charge is 0.497 e. The number of methoxy groups -OCH3 is 1. The number of nitrogens with zero attached hydrogens (tertiary/aromatic N) is 1. The number of fused-ring (bicyclic) bond motifs is 2. The lowest BCUT2D eigenvalue weighted by Gasteiger charge is -2.22. The standard InChI is InChI=1S/C15H15N3OS/c1-19-9-2-3-11-12(8-9)18-15(17-11)14-10-5-7-20-13(10)4-6-16-14/h2-3,5,7-8,14,16H,4,6H2,1H3,(H,17,18). The molecular weight excluding hydrogens is 270 g/mol. The number of aromatic amines is 1. The number of thiophene rings is 1. The van der Waals surface area contributed by atoms with Crippen LogP contribution in [-0.2, 0) is 6.42 Å². The molecule has 1 aromatic carbocycles. The van der Waals surface area contributed by atoms with Gasteiger partial charge in [0, 0.05) is 17.5 Å². The van der Waals surface area contributed by atoms with Gasteiger partial charge >= 0.3 is 0 Å². The fourth-order valence-corrected chi connectivity index (χ4v) is 3.69. The first-order valence-corrected chi connectivity index (χ1v) is 7.56. The summed E-state index contributed by atoms with van der Waals surface area (Å²) in [6.45, 7) is 0.999. The monoisotopic (exact) mass is 285 g/mol. The summed E-state index contributed by atoms with van der Waals surface area (Å²) in [6, 6.07) is 8.29. The van der Waals surface area contributed by atoms with E-state index in [1.165, 1.54) is 10.4 Å². The number of hydrogen-bond acceptors (Lipinski definition) is 4. The quantitative estimate of drug-likeness (QED) is 0.761. The van der Waals surface area contributed by atoms with Crippen LogP contribution in [0.4, 0.5) is 0 Å². The summed E-state index contributed by atoms with van der Waals surface area (Å²) in [5.41, 5.74) is 3.35. The molecule has 4 nitrogen and oxygen atoms in total. The topological polar surface area (TPSA) is 49.9 Å². The van der Waals surface area contributed by atoms with E-state index in [4.69, 9.17) is 9.72 Å². The Labute approximate surface area is 120 Å². The van der Waals surface area contributed by atoms with Gasteiger partial charge in [0.05, 0.1) is 24.2 Å². The molecule has 1 atom stereocenters. The minimum Gasteiger partial charge on any atom is -0.497 e. The third kappa shape index (κ3) is 1.82. The van der Waals surface area contributed by atoms with Crippen LogP contribution in [-0.4, -0.2) is 23.6 Å². The van der Waals surface area contributed by atoms with Crippen molar-refractivity contribution in [2.45, 2.75) is 12.5 Å². The molecule has 0 saturated heterocycles. The SMILES string of the molecule is COc1ccc2nc(C3NCCc4sccc43)[nH]c2c1. The van der Waals surface area contributed by atoms with Crippen LogP contribution in [0, 0.1) is 0 Å². The molecule has 0 amide bonds. The van der Waals surface area contributed by atoms with Crippen LogP contribution in [0.5, 0.6) is 5.75 Å². The van der Waals surface area contributed by atoms with E-state index >= 15 is 0 Å². The first-order chi connectivity index (χ1) is 9.85. The molecule has 0 saturated carbocycles. The van der Waals surface area contributed by atoms with Crippen molar-refractivity contribution in [1.29, 1.82) is 0 Å². The van der Waals surface area contributed by atoms with Gasteiger partial charge in [-0.1, -0.05) is 0 Å². The number of hydrogen-bond donors (Lipinski definition) is 2. The lowest BCUT2D eigenvalue weighted by molar-refractivity contribution is 0.415. The summed E-state index contributed by atoms with van der Waals surface area (Å²) in [5.74, 6) is 1.83. The Hall–Kier alpha value is -1.85. The molecule has 102 valence electrons. The smallest absolute Gasteiger partial charge is 0.129 e. The number of imidazole rings is 1. The summed E-state index contributed by atoms with van der Waals surface area (Å²) in [7, 11) is 1.68. The fraction of sp³-hybridized carbons (Fsp3) is 0.267. The Morgan fingerprint density at radius 3 is 3.20 bits per heavy atom. The van der Waals surface area contributed by atoms with Crippen molar-refractivity contribution in [3.63, 3.8) is 0 Å². The molecule has 5 heteroatoms. The van der Waals surface area contributed by atoms with Crippen LogP contribution in [0.1, 0.15) is 22.3 Å². The van der Waals surface area contributed by atoms with Crippen molar-refractivity contribution in [3.8, 4) is 5.75 Å². The van der Waals surface area contributed by atoms with Gasteiger partial charge in [-0.05, 0) is 35.6 Å². The van der Waals surface area contributed by atoms with Crippen LogP contribution in [0.25, 0.3) is 11.0 Å². The summed E-state index contributed by atoms with van der Waals surface area (Å²) < 4.78 is 5.26. The van der Waals surface area contributed by atoms with Gasteiger partial charge in [0.25, 0.3) is 0 Å². The van der Waals surface area contributed by atoms with E-state index in [1.807, 2.05) is 29.5 Å². The second kappa shape index (κ2) is 4.61. The molecule has 0 fully saturated rings. The van der Waals surface area contributed by atoms with E-state index in [-0.39, 0.29) is 6.04 Å². The Morgan fingerprint density at radius 1 is 1.35 bits per heavy atom. The zero-order chi connectivity index (χ0) is 13.5. The van der Waals surface area contributed by atoms with E-state index in [0.717, 1.165) is 35.6 Å². The third-order valence-corrected chi connectivity index (χ3v) is 4.77. The molecular formula is C15H15N3OS. The van der Waals surface area contributed by atoms with Gasteiger partial charge in [-0.2, -0.15) is 0 Å². The van der Waals surface area contributed by atoms with Crippen molar-refractivity contribution in [2.75, 3.05) is 13.7 Å². The predicted octanol–water partition coefficient (Wildman–Crippen LogP) is 2.87. The molecule has 0 radical (unpaired) electrons. The molecule has 2 N–H and O–H groups in total. The van der Waals surface area contributed by atoms with Crippen LogP contribution in [0.3, 0.4) is 0 Å². The van der Waals surface area contributed by atoms with Crippen LogP contribution >= 0.6 is 11.3 Å². The van der Waals surface area contributed by atoms with Gasteiger partial charge in [-0.15, -0.1) is 11.3 Å². The maximum atomic E-state index is 5.26. The molecule has 0 aliphatic carbocycles. The molecule has 3 aromatic rings. The average molecular weight is 285 g/mol. The maximum absolute atomic E-state index is 5.26. The van der Waals surface area contributed by atoms with Crippen LogP contribution < -0.4 is 10.1 Å². The third-order valence-electron chi connectivity index (χ3n) is 3.77. The molecule has 1 aliphatic heterocycles. The highest BCUT2D eigenvalue weighted by atomic mass is 32.1. The highest BCUT2D eigenvalue weighted by molar-refractivity contribution is 7.10. The van der Waals surface area contributed by atoms with Crippen molar-refractivity contribution in [2.24, 2.45) is 0 Å². The van der Waals surface area contributed by atoms with Crippen molar-refractivity contribution in [1.82, 2.24) is 15.3 Å². The second-order valence-corrected chi connectivity index (χ2v) is 5.94. The highest BCUT2D eigenvalue weighted by Crippen LogP contribution is 2.32. The van der Waals surface area contributed by atoms with Crippen molar-refractivity contribution >= 4 is 22.4 Å². The van der Waals surface area contributed by atoms with Crippen LogP contribution in [0.2, 0.25) is 0 Å². The molecule has 3 heterocycles. The normalized spacial score (nSPS) is 18.1. The number of H-pyrrole nitrogens is 1. The Morgan fingerprint density at radius 2 is 2.30 bits per heavy atom. The first-order valence-electron chi connectivity index (χ1n) is 6.68. The Balaban J connectivity index is 1.80. The predicted molar refractivity (Wildman–Crippen MR) is 80.5 cm³/mol. The van der Waals surface area contributed by atoms with Crippen LogP contribution in [0.15, 0.2) is 29.6 Å². The van der Waals surface area contributed by atoms with E-state index in [1.54, 1.807) is 7.11 Å².